The van der Waals surface area contributed by atoms with Crippen molar-refractivity contribution in [3.05, 3.63) is 95.8 Å². The number of H-pyrrole nitrogens is 2. The van der Waals surface area contributed by atoms with Crippen molar-refractivity contribution < 1.29 is 10.2 Å². The maximum absolute atomic E-state index is 5.60. The lowest BCUT2D eigenvalue weighted by atomic mass is 10.0. The molecule has 0 atom stereocenters. The Labute approximate surface area is 188 Å². The van der Waals surface area contributed by atoms with Crippen LogP contribution in [0.25, 0.3) is 11.1 Å². The fraction of sp³-hybridized carbons (Fsp3) is 0.231. The maximum Gasteiger partial charge on any atom is 0.123 e. The molecule has 6 heteroatoms. The second kappa shape index (κ2) is 9.77. The number of anilines is 1. The topological polar surface area (TPSA) is 78.8 Å². The summed E-state index contributed by atoms with van der Waals surface area (Å²) in [7, 11) is 1.75. The number of aromatic amines is 2. The molecule has 6 nitrogen and oxygen atoms in total. The highest BCUT2D eigenvalue weighted by Crippen LogP contribution is 2.32. The van der Waals surface area contributed by atoms with Crippen molar-refractivity contribution in [2.24, 2.45) is 0 Å². The molecule has 0 bridgehead atoms. The van der Waals surface area contributed by atoms with Crippen LogP contribution in [-0.2, 0) is 19.6 Å². The van der Waals surface area contributed by atoms with Crippen molar-refractivity contribution in [2.45, 2.75) is 19.6 Å². The number of rotatable bonds is 6. The zero-order valence-electron chi connectivity index (χ0n) is 18.3. The average molecular weight is 431 g/mol. The van der Waals surface area contributed by atoms with E-state index in [9.17, 15) is 0 Å². The van der Waals surface area contributed by atoms with Gasteiger partial charge in [0.1, 0.15) is 5.75 Å². The Hall–Kier alpha value is -3.48. The molecule has 3 aromatic carbocycles. The van der Waals surface area contributed by atoms with Crippen molar-refractivity contribution in [3.8, 4) is 16.9 Å². The van der Waals surface area contributed by atoms with Crippen LogP contribution in [0.15, 0.2) is 79.0 Å². The number of aromatic nitrogens is 2. The number of ether oxygens (including phenoxy) is 1. The normalized spacial score (nSPS) is 13.8. The van der Waals surface area contributed by atoms with Crippen molar-refractivity contribution in [1.82, 2.24) is 15.1 Å². The molecule has 166 valence electrons. The van der Waals surface area contributed by atoms with Gasteiger partial charge in [-0.25, -0.2) is 0 Å². The second-order valence-electron chi connectivity index (χ2n) is 8.09. The van der Waals surface area contributed by atoms with E-state index in [1.54, 1.807) is 7.11 Å². The van der Waals surface area contributed by atoms with Crippen LogP contribution >= 0.6 is 0 Å². The number of benzene rings is 3. The van der Waals surface area contributed by atoms with E-state index in [0.29, 0.717) is 0 Å². The molecule has 1 aromatic heterocycles. The molecule has 0 saturated carbocycles. The van der Waals surface area contributed by atoms with Crippen molar-refractivity contribution in [3.63, 3.8) is 0 Å². The van der Waals surface area contributed by atoms with E-state index < -0.39 is 0 Å². The summed E-state index contributed by atoms with van der Waals surface area (Å²) in [5, 5.41) is 6.20. The Morgan fingerprint density at radius 2 is 1.66 bits per heavy atom. The zero-order chi connectivity index (χ0) is 21.0. The van der Waals surface area contributed by atoms with Gasteiger partial charge in [-0.15, -0.1) is 0 Å². The fourth-order valence-corrected chi connectivity index (χ4v) is 4.37. The van der Waals surface area contributed by atoms with Crippen LogP contribution in [0.4, 0.5) is 5.69 Å². The van der Waals surface area contributed by atoms with Gasteiger partial charge >= 0.3 is 0 Å². The third kappa shape index (κ3) is 4.56. The molecule has 4 N–H and O–H groups in total. The van der Waals surface area contributed by atoms with Gasteiger partial charge in [-0.1, -0.05) is 54.6 Å². The quantitative estimate of drug-likeness (QED) is 0.481. The molecule has 0 radical (unpaired) electrons. The van der Waals surface area contributed by atoms with Crippen LogP contribution in [0, 0.1) is 0 Å². The van der Waals surface area contributed by atoms with Gasteiger partial charge in [-0.2, -0.15) is 0 Å². The number of hydrogen-bond donors (Lipinski definition) is 2. The van der Waals surface area contributed by atoms with Crippen molar-refractivity contribution >= 4 is 5.69 Å². The smallest absolute Gasteiger partial charge is 0.123 e. The first-order valence-corrected chi connectivity index (χ1v) is 10.8. The first-order valence-electron chi connectivity index (χ1n) is 10.8. The third-order valence-corrected chi connectivity index (χ3v) is 6.03. The second-order valence-corrected chi connectivity index (χ2v) is 8.09. The van der Waals surface area contributed by atoms with Gasteiger partial charge in [0.2, 0.25) is 0 Å². The molecule has 5 rings (SSSR count). The Kier molecular flexibility index (Phi) is 6.63. The molecular weight excluding hydrogens is 400 g/mol. The summed E-state index contributed by atoms with van der Waals surface area (Å²) >= 11 is 0. The fourth-order valence-electron chi connectivity index (χ4n) is 4.37. The van der Waals surface area contributed by atoms with Gasteiger partial charge < -0.3 is 25.3 Å². The number of methoxy groups -OCH3 is 1. The molecule has 2 heterocycles. The highest BCUT2D eigenvalue weighted by molar-refractivity contribution is 5.69. The van der Waals surface area contributed by atoms with Gasteiger partial charge in [0, 0.05) is 43.6 Å². The van der Waals surface area contributed by atoms with E-state index >= 15 is 0 Å². The van der Waals surface area contributed by atoms with Gasteiger partial charge in [-0.3, -0.25) is 4.90 Å². The van der Waals surface area contributed by atoms with Gasteiger partial charge in [-0.05, 0) is 34.9 Å². The summed E-state index contributed by atoms with van der Waals surface area (Å²) < 4.78 is 5.60. The number of hydrogen-bond acceptors (Lipinski definition) is 3. The monoisotopic (exact) mass is 430 g/mol. The van der Waals surface area contributed by atoms with Crippen LogP contribution in [0.1, 0.15) is 16.8 Å². The molecule has 0 unspecified atom stereocenters. The molecule has 0 spiro atoms. The number of para-hydroxylation sites is 1. The van der Waals surface area contributed by atoms with Gasteiger partial charge in [0.25, 0.3) is 0 Å². The molecule has 0 aliphatic carbocycles. The summed E-state index contributed by atoms with van der Waals surface area (Å²) in [6.07, 6.45) is 2.04. The molecule has 0 amide bonds. The lowest BCUT2D eigenvalue weighted by Gasteiger charge is -2.26. The van der Waals surface area contributed by atoms with E-state index in [0.717, 1.165) is 38.5 Å². The Morgan fingerprint density at radius 1 is 0.875 bits per heavy atom. The largest absolute Gasteiger partial charge is 0.496 e. The van der Waals surface area contributed by atoms with Gasteiger partial charge in [0.15, 0.2) is 0 Å². The Bertz CT molecular complexity index is 1130. The van der Waals surface area contributed by atoms with Crippen molar-refractivity contribution in [1.29, 1.82) is 0 Å². The highest BCUT2D eigenvalue weighted by atomic mass is 16.5. The third-order valence-electron chi connectivity index (χ3n) is 6.03. The Morgan fingerprint density at radius 3 is 2.41 bits per heavy atom. The van der Waals surface area contributed by atoms with Crippen LogP contribution < -0.4 is 9.64 Å². The highest BCUT2D eigenvalue weighted by Gasteiger charge is 2.22. The lowest BCUT2D eigenvalue weighted by molar-refractivity contribution is 0.263. The first-order chi connectivity index (χ1) is 15.3. The van der Waals surface area contributed by atoms with Gasteiger partial charge in [0.05, 0.1) is 19.3 Å². The molecular formula is C26H30N4O2. The maximum atomic E-state index is 5.60. The predicted molar refractivity (Wildman–Crippen MR) is 129 cm³/mol. The zero-order valence-corrected chi connectivity index (χ0v) is 18.3. The molecule has 1 aliphatic heterocycles. The van der Waals surface area contributed by atoms with Crippen LogP contribution in [-0.4, -0.2) is 40.8 Å². The summed E-state index contributed by atoms with van der Waals surface area (Å²) in [5.74, 6) is 0.955. The van der Waals surface area contributed by atoms with Crippen LogP contribution in [0.3, 0.4) is 0 Å². The standard InChI is InChI=1S/C26H28N4O.H2O/c1-31-26-10-6-5-9-22(26)17-29-13-14-30(19-24-16-27-28-24)25-12-11-21(15-23(25)18-29)20-7-3-2-4-8-20;/h2-12,15-16,27-28H,13-14,17-19H2,1H3;1H2. The molecule has 0 fully saturated rings. The Balaban J connectivity index is 0.00000245. The molecule has 32 heavy (non-hydrogen) atoms. The van der Waals surface area contributed by atoms with E-state index in [1.165, 1.54) is 33.6 Å². The van der Waals surface area contributed by atoms with Crippen LogP contribution in [0.5, 0.6) is 5.75 Å². The van der Waals surface area contributed by atoms with E-state index in [4.69, 9.17) is 4.74 Å². The van der Waals surface area contributed by atoms with E-state index in [2.05, 4.69) is 80.7 Å². The molecule has 4 aromatic rings. The van der Waals surface area contributed by atoms with Crippen LogP contribution in [0.2, 0.25) is 0 Å². The van der Waals surface area contributed by atoms with E-state index in [-0.39, 0.29) is 5.48 Å². The molecule has 0 saturated heterocycles. The number of fused-ring (bicyclic) bond motifs is 1. The predicted octanol–water partition coefficient (Wildman–Crippen LogP) is 4.22. The minimum Gasteiger partial charge on any atom is -0.496 e. The number of nitrogens with zero attached hydrogens (tertiary/aromatic N) is 2. The first kappa shape index (κ1) is 21.7. The average Bonchev–Trinajstić information content (AvgIpc) is 2.95. The minimum absolute atomic E-state index is 0. The summed E-state index contributed by atoms with van der Waals surface area (Å²) in [5.41, 5.74) is 7.65. The van der Waals surface area contributed by atoms with Crippen molar-refractivity contribution in [2.75, 3.05) is 25.1 Å². The molecule has 1 aliphatic rings. The lowest BCUT2D eigenvalue weighted by Crippen LogP contribution is -2.31. The van der Waals surface area contributed by atoms with E-state index in [1.807, 2.05) is 18.3 Å². The summed E-state index contributed by atoms with van der Waals surface area (Å²) in [6.45, 7) is 4.64. The summed E-state index contributed by atoms with van der Waals surface area (Å²) in [4.78, 5) is 5.00. The minimum atomic E-state index is 0. The number of nitrogens with one attached hydrogen (secondary N) is 2. The SMILES string of the molecule is COc1ccccc1CN1CCN(Cc2c[nH][nH]2)c2ccc(-c3ccccc3)cc2C1.O. The summed E-state index contributed by atoms with van der Waals surface area (Å²) in [6, 6.07) is 25.8.